The molecule has 19 heavy (non-hydrogen) atoms. The Balaban J connectivity index is 2.34. The van der Waals surface area contributed by atoms with Gasteiger partial charge in [0.1, 0.15) is 5.82 Å². The summed E-state index contributed by atoms with van der Waals surface area (Å²) in [6, 6.07) is 5.68. The highest BCUT2D eigenvalue weighted by molar-refractivity contribution is 9.10. The second-order valence-corrected chi connectivity index (χ2v) is 7.78. The van der Waals surface area contributed by atoms with Gasteiger partial charge < -0.3 is 5.32 Å². The zero-order valence-corrected chi connectivity index (χ0v) is 13.9. The topological polar surface area (TPSA) is 12.0 Å². The Morgan fingerprint density at radius 3 is 2.95 bits per heavy atom. The van der Waals surface area contributed by atoms with Gasteiger partial charge in [0.15, 0.2) is 0 Å². The van der Waals surface area contributed by atoms with Crippen molar-refractivity contribution >= 4 is 27.7 Å². The van der Waals surface area contributed by atoms with E-state index in [1.807, 2.05) is 23.9 Å². The molecule has 106 valence electrons. The standard InChI is InChI=1S/C15H21BrFNS/c1-3-9-18-14(15(2)8-5-10-19-15)11-6-4-7-12(16)13(11)17/h4,6-7,14,18H,3,5,8-10H2,1-2H3. The lowest BCUT2D eigenvalue weighted by molar-refractivity contribution is 0.399. The molecule has 0 aliphatic carbocycles. The van der Waals surface area contributed by atoms with Crippen molar-refractivity contribution in [1.29, 1.82) is 0 Å². The quantitative estimate of drug-likeness (QED) is 0.813. The second kappa shape index (κ2) is 6.59. The largest absolute Gasteiger partial charge is 0.309 e. The molecule has 1 aliphatic heterocycles. The van der Waals surface area contributed by atoms with Gasteiger partial charge in [0.05, 0.1) is 4.47 Å². The molecule has 0 aromatic heterocycles. The minimum absolute atomic E-state index is 0.0810. The SMILES string of the molecule is CCCNC(c1cccc(Br)c1F)C1(C)CCCS1. The lowest BCUT2D eigenvalue weighted by atomic mass is 9.90. The summed E-state index contributed by atoms with van der Waals surface area (Å²) in [6.45, 7) is 5.33. The zero-order chi connectivity index (χ0) is 13.9. The van der Waals surface area contributed by atoms with Crippen LogP contribution in [0.25, 0.3) is 0 Å². The van der Waals surface area contributed by atoms with Crippen LogP contribution in [-0.4, -0.2) is 17.0 Å². The smallest absolute Gasteiger partial charge is 0.142 e. The van der Waals surface area contributed by atoms with E-state index in [9.17, 15) is 4.39 Å². The molecule has 0 bridgehead atoms. The fourth-order valence-corrected chi connectivity index (χ4v) is 4.52. The van der Waals surface area contributed by atoms with Gasteiger partial charge in [-0.1, -0.05) is 19.1 Å². The summed E-state index contributed by atoms with van der Waals surface area (Å²) in [5, 5.41) is 3.55. The highest BCUT2D eigenvalue weighted by atomic mass is 79.9. The number of thioether (sulfide) groups is 1. The van der Waals surface area contributed by atoms with Crippen molar-refractivity contribution in [3.8, 4) is 0 Å². The monoisotopic (exact) mass is 345 g/mol. The molecule has 1 saturated heterocycles. The molecule has 2 atom stereocenters. The Bertz CT molecular complexity index is 432. The van der Waals surface area contributed by atoms with Crippen molar-refractivity contribution in [3.05, 3.63) is 34.1 Å². The van der Waals surface area contributed by atoms with E-state index in [0.717, 1.165) is 24.9 Å². The van der Waals surface area contributed by atoms with Gasteiger partial charge in [-0.15, -0.1) is 0 Å². The summed E-state index contributed by atoms with van der Waals surface area (Å²) in [4.78, 5) is 0. The van der Waals surface area contributed by atoms with Gasteiger partial charge in [-0.3, -0.25) is 0 Å². The van der Waals surface area contributed by atoms with Crippen molar-refractivity contribution < 1.29 is 4.39 Å². The Labute approximate surface area is 127 Å². The van der Waals surface area contributed by atoms with Crippen molar-refractivity contribution in [2.24, 2.45) is 0 Å². The molecular formula is C15H21BrFNS. The number of nitrogens with one attached hydrogen (secondary N) is 1. The van der Waals surface area contributed by atoms with Crippen LogP contribution < -0.4 is 5.32 Å². The van der Waals surface area contributed by atoms with E-state index < -0.39 is 0 Å². The van der Waals surface area contributed by atoms with Crippen molar-refractivity contribution in [1.82, 2.24) is 5.32 Å². The van der Waals surface area contributed by atoms with Crippen LogP contribution in [0.4, 0.5) is 4.39 Å². The van der Waals surface area contributed by atoms with Crippen molar-refractivity contribution in [2.45, 2.75) is 43.9 Å². The van der Waals surface area contributed by atoms with Crippen LogP contribution >= 0.6 is 27.7 Å². The van der Waals surface area contributed by atoms with Gasteiger partial charge in [0.25, 0.3) is 0 Å². The third-order valence-corrected chi connectivity index (χ3v) is 5.96. The Morgan fingerprint density at radius 1 is 1.53 bits per heavy atom. The van der Waals surface area contributed by atoms with Crippen LogP contribution in [0.1, 0.15) is 44.7 Å². The van der Waals surface area contributed by atoms with Crippen LogP contribution in [0.15, 0.2) is 22.7 Å². The zero-order valence-electron chi connectivity index (χ0n) is 11.5. The summed E-state index contributed by atoms with van der Waals surface area (Å²) in [6.07, 6.45) is 3.43. The molecule has 2 unspecified atom stereocenters. The maximum Gasteiger partial charge on any atom is 0.142 e. The number of rotatable bonds is 5. The van der Waals surface area contributed by atoms with Crippen LogP contribution in [0.3, 0.4) is 0 Å². The molecule has 1 N–H and O–H groups in total. The molecule has 4 heteroatoms. The fraction of sp³-hybridized carbons (Fsp3) is 0.600. The van der Waals surface area contributed by atoms with E-state index >= 15 is 0 Å². The molecule has 1 aromatic carbocycles. The average molecular weight is 346 g/mol. The van der Waals surface area contributed by atoms with Gasteiger partial charge >= 0.3 is 0 Å². The fourth-order valence-electron chi connectivity index (χ4n) is 2.72. The van der Waals surface area contributed by atoms with E-state index in [0.29, 0.717) is 4.47 Å². The second-order valence-electron chi connectivity index (χ2n) is 5.29. The minimum Gasteiger partial charge on any atom is -0.309 e. The summed E-state index contributed by atoms with van der Waals surface area (Å²) in [5.74, 6) is 1.06. The maximum atomic E-state index is 14.4. The summed E-state index contributed by atoms with van der Waals surface area (Å²) in [5.41, 5.74) is 0.791. The van der Waals surface area contributed by atoms with E-state index in [1.165, 1.54) is 12.2 Å². The van der Waals surface area contributed by atoms with Crippen LogP contribution in [0.2, 0.25) is 0 Å². The minimum atomic E-state index is -0.121. The lowest BCUT2D eigenvalue weighted by Gasteiger charge is -2.35. The predicted octanol–water partition coefficient (Wildman–Crippen LogP) is 4.91. The Morgan fingerprint density at radius 2 is 2.32 bits per heavy atom. The molecule has 0 amide bonds. The van der Waals surface area contributed by atoms with Gasteiger partial charge in [-0.25, -0.2) is 4.39 Å². The van der Waals surface area contributed by atoms with Crippen LogP contribution in [-0.2, 0) is 0 Å². The molecule has 1 aliphatic rings. The number of hydrogen-bond acceptors (Lipinski definition) is 2. The van der Waals surface area contributed by atoms with Crippen LogP contribution in [0, 0.1) is 5.82 Å². The first-order valence-electron chi connectivity index (χ1n) is 6.90. The first-order chi connectivity index (χ1) is 9.08. The first kappa shape index (κ1) is 15.3. The number of hydrogen-bond donors (Lipinski definition) is 1. The Hall–Kier alpha value is -0.0600. The predicted molar refractivity (Wildman–Crippen MR) is 85.2 cm³/mol. The summed E-state index contributed by atoms with van der Waals surface area (Å²) in [7, 11) is 0. The molecule has 0 saturated carbocycles. The average Bonchev–Trinajstić information content (AvgIpc) is 2.82. The normalized spacial score (nSPS) is 24.6. The number of halogens is 2. The summed E-state index contributed by atoms with van der Waals surface area (Å²) < 4.78 is 15.1. The van der Waals surface area contributed by atoms with Gasteiger partial charge in [0.2, 0.25) is 0 Å². The molecule has 0 radical (unpaired) electrons. The Kier molecular flexibility index (Phi) is 5.32. The van der Waals surface area contributed by atoms with E-state index in [-0.39, 0.29) is 16.6 Å². The van der Waals surface area contributed by atoms with Gasteiger partial charge in [0, 0.05) is 16.4 Å². The molecule has 1 aromatic rings. The molecule has 1 heterocycles. The van der Waals surface area contributed by atoms with E-state index in [2.05, 4.69) is 35.1 Å². The molecule has 0 spiro atoms. The first-order valence-corrected chi connectivity index (χ1v) is 8.67. The van der Waals surface area contributed by atoms with Gasteiger partial charge in [-0.2, -0.15) is 11.8 Å². The van der Waals surface area contributed by atoms with Crippen molar-refractivity contribution in [2.75, 3.05) is 12.3 Å². The van der Waals surface area contributed by atoms with Gasteiger partial charge in [-0.05, 0) is 60.5 Å². The third-order valence-electron chi connectivity index (χ3n) is 3.75. The molecular weight excluding hydrogens is 325 g/mol. The van der Waals surface area contributed by atoms with E-state index in [4.69, 9.17) is 0 Å². The molecule has 1 fully saturated rings. The summed E-state index contributed by atoms with van der Waals surface area (Å²) >= 11 is 5.27. The number of benzene rings is 1. The highest BCUT2D eigenvalue weighted by Gasteiger charge is 2.39. The van der Waals surface area contributed by atoms with Crippen molar-refractivity contribution in [3.63, 3.8) is 0 Å². The van der Waals surface area contributed by atoms with Crippen LogP contribution in [0.5, 0.6) is 0 Å². The third kappa shape index (κ3) is 3.34. The van der Waals surface area contributed by atoms with E-state index in [1.54, 1.807) is 6.07 Å². The maximum absolute atomic E-state index is 14.4. The lowest BCUT2D eigenvalue weighted by Crippen LogP contribution is -2.38. The molecule has 1 nitrogen and oxygen atoms in total. The highest BCUT2D eigenvalue weighted by Crippen LogP contribution is 2.47. The molecule has 2 rings (SSSR count).